The quantitative estimate of drug-likeness (QED) is 0.799. The van der Waals surface area contributed by atoms with Crippen molar-refractivity contribution in [2.75, 3.05) is 31.7 Å². The number of hydrogen-bond acceptors (Lipinski definition) is 4. The molecule has 4 rings (SSSR count). The molecule has 1 saturated heterocycles. The van der Waals surface area contributed by atoms with Crippen LogP contribution in [0.3, 0.4) is 0 Å². The first-order valence-corrected chi connectivity index (χ1v) is 8.31. The van der Waals surface area contributed by atoms with Crippen LogP contribution in [-0.2, 0) is 4.74 Å². The van der Waals surface area contributed by atoms with E-state index in [1.165, 1.54) is 5.69 Å². The molecule has 0 spiro atoms. The smallest absolute Gasteiger partial charge is 0.156 e. The number of hydrogen-bond donors (Lipinski definition) is 1. The Labute approximate surface area is 141 Å². The van der Waals surface area contributed by atoms with Gasteiger partial charge < -0.3 is 14.6 Å². The van der Waals surface area contributed by atoms with Gasteiger partial charge in [0.1, 0.15) is 5.52 Å². The summed E-state index contributed by atoms with van der Waals surface area (Å²) in [5.74, 6) is 0. The molecule has 1 fully saturated rings. The van der Waals surface area contributed by atoms with Crippen LogP contribution < -0.4 is 4.90 Å². The lowest BCUT2D eigenvalue weighted by atomic mass is 9.91. The summed E-state index contributed by atoms with van der Waals surface area (Å²) in [7, 11) is 1.78. The standard InChI is InChI=1S/C19H22N4O/c1-19(13-24-2)7-9-23(12-19)15-5-3-4-14(10-15)17-11-21-18-16(22-17)6-8-20-18/h3-6,8,10-11H,7,9,12-13H2,1-2H3,(H,20,21). The number of rotatable bonds is 4. The maximum atomic E-state index is 5.39. The zero-order valence-electron chi connectivity index (χ0n) is 14.1. The molecule has 1 atom stereocenters. The molecule has 1 unspecified atom stereocenters. The molecule has 124 valence electrons. The highest BCUT2D eigenvalue weighted by Gasteiger charge is 2.33. The van der Waals surface area contributed by atoms with Crippen LogP contribution in [0.15, 0.2) is 42.7 Å². The van der Waals surface area contributed by atoms with Crippen molar-refractivity contribution in [3.63, 3.8) is 0 Å². The third-order valence-corrected chi connectivity index (χ3v) is 4.82. The van der Waals surface area contributed by atoms with Crippen molar-refractivity contribution >= 4 is 16.9 Å². The van der Waals surface area contributed by atoms with Crippen LogP contribution in [0.2, 0.25) is 0 Å². The van der Waals surface area contributed by atoms with Crippen molar-refractivity contribution in [3.8, 4) is 11.3 Å². The van der Waals surface area contributed by atoms with Gasteiger partial charge >= 0.3 is 0 Å². The van der Waals surface area contributed by atoms with Gasteiger partial charge in [0.2, 0.25) is 0 Å². The molecule has 0 saturated carbocycles. The van der Waals surface area contributed by atoms with E-state index in [0.29, 0.717) is 0 Å². The maximum absolute atomic E-state index is 5.39. The van der Waals surface area contributed by atoms with Gasteiger partial charge in [0.05, 0.1) is 18.5 Å². The second-order valence-corrected chi connectivity index (χ2v) is 6.93. The third-order valence-electron chi connectivity index (χ3n) is 4.82. The van der Waals surface area contributed by atoms with Crippen molar-refractivity contribution < 1.29 is 4.74 Å². The van der Waals surface area contributed by atoms with Crippen LogP contribution in [0.5, 0.6) is 0 Å². The highest BCUT2D eigenvalue weighted by molar-refractivity contribution is 5.75. The lowest BCUT2D eigenvalue weighted by Crippen LogP contribution is -2.28. The average Bonchev–Trinajstić information content (AvgIpc) is 3.21. The first-order valence-electron chi connectivity index (χ1n) is 8.31. The van der Waals surface area contributed by atoms with Crippen molar-refractivity contribution in [3.05, 3.63) is 42.7 Å². The van der Waals surface area contributed by atoms with E-state index in [4.69, 9.17) is 9.72 Å². The fourth-order valence-corrected chi connectivity index (χ4v) is 3.54. The topological polar surface area (TPSA) is 54.0 Å². The minimum Gasteiger partial charge on any atom is -0.384 e. The van der Waals surface area contributed by atoms with Crippen molar-refractivity contribution in [1.29, 1.82) is 0 Å². The predicted molar refractivity (Wildman–Crippen MR) is 96.1 cm³/mol. The minimum atomic E-state index is 0.231. The monoisotopic (exact) mass is 322 g/mol. The fraction of sp³-hybridized carbons (Fsp3) is 0.368. The van der Waals surface area contributed by atoms with E-state index in [9.17, 15) is 0 Å². The Morgan fingerprint density at radius 2 is 2.25 bits per heavy atom. The summed E-state index contributed by atoms with van der Waals surface area (Å²) in [6, 6.07) is 10.5. The number of aromatic nitrogens is 3. The van der Waals surface area contributed by atoms with Crippen LogP contribution in [-0.4, -0.2) is 41.8 Å². The number of aromatic amines is 1. The summed E-state index contributed by atoms with van der Waals surface area (Å²) in [6.07, 6.45) is 4.85. The summed E-state index contributed by atoms with van der Waals surface area (Å²) in [5, 5.41) is 0. The highest BCUT2D eigenvalue weighted by Crippen LogP contribution is 2.34. The van der Waals surface area contributed by atoms with Crippen molar-refractivity contribution in [2.45, 2.75) is 13.3 Å². The van der Waals surface area contributed by atoms with Crippen LogP contribution in [0, 0.1) is 5.41 Å². The SMILES string of the molecule is COCC1(C)CCN(c2cccc(-c3cnc4[nH]ccc4n3)c2)C1. The number of H-pyrrole nitrogens is 1. The van der Waals surface area contributed by atoms with E-state index in [0.717, 1.165) is 48.5 Å². The lowest BCUT2D eigenvalue weighted by molar-refractivity contribution is 0.106. The zero-order valence-corrected chi connectivity index (χ0v) is 14.1. The molecule has 2 aromatic heterocycles. The van der Waals surface area contributed by atoms with E-state index < -0.39 is 0 Å². The van der Waals surface area contributed by atoms with Crippen LogP contribution in [0.25, 0.3) is 22.4 Å². The molecule has 0 aliphatic carbocycles. The molecular weight excluding hydrogens is 300 g/mol. The molecule has 1 aliphatic rings. The maximum Gasteiger partial charge on any atom is 0.156 e. The summed E-state index contributed by atoms with van der Waals surface area (Å²) in [4.78, 5) is 14.7. The molecule has 5 nitrogen and oxygen atoms in total. The highest BCUT2D eigenvalue weighted by atomic mass is 16.5. The van der Waals surface area contributed by atoms with Gasteiger partial charge in [-0.25, -0.2) is 9.97 Å². The molecule has 0 radical (unpaired) electrons. The van der Waals surface area contributed by atoms with Crippen LogP contribution in [0.1, 0.15) is 13.3 Å². The molecule has 1 aliphatic heterocycles. The van der Waals surface area contributed by atoms with Gasteiger partial charge in [0.15, 0.2) is 5.65 Å². The van der Waals surface area contributed by atoms with Crippen molar-refractivity contribution in [1.82, 2.24) is 15.0 Å². The summed E-state index contributed by atoms with van der Waals surface area (Å²) in [5.41, 5.74) is 5.19. The average molecular weight is 322 g/mol. The molecule has 24 heavy (non-hydrogen) atoms. The minimum absolute atomic E-state index is 0.231. The Balaban J connectivity index is 1.62. The Morgan fingerprint density at radius 3 is 3.12 bits per heavy atom. The molecule has 1 N–H and O–H groups in total. The number of methoxy groups -OCH3 is 1. The fourth-order valence-electron chi connectivity index (χ4n) is 3.54. The van der Waals surface area contributed by atoms with Gasteiger partial charge in [-0.2, -0.15) is 0 Å². The summed E-state index contributed by atoms with van der Waals surface area (Å²) < 4.78 is 5.39. The molecule has 0 amide bonds. The Kier molecular flexibility index (Phi) is 3.73. The second-order valence-electron chi connectivity index (χ2n) is 6.93. The van der Waals surface area contributed by atoms with Gasteiger partial charge in [-0.15, -0.1) is 0 Å². The third kappa shape index (κ3) is 2.76. The largest absolute Gasteiger partial charge is 0.384 e. The van der Waals surface area contributed by atoms with E-state index in [1.54, 1.807) is 7.11 Å². The predicted octanol–water partition coefficient (Wildman–Crippen LogP) is 3.49. The number of nitrogens with one attached hydrogen (secondary N) is 1. The first kappa shape index (κ1) is 15.1. The molecule has 3 aromatic rings. The second kappa shape index (κ2) is 5.91. The van der Waals surface area contributed by atoms with Crippen LogP contribution in [0.4, 0.5) is 5.69 Å². The summed E-state index contributed by atoms with van der Waals surface area (Å²) in [6.45, 7) is 5.18. The van der Waals surface area contributed by atoms with Gasteiger partial charge in [-0.3, -0.25) is 0 Å². The number of anilines is 1. The molecule has 3 heterocycles. The van der Waals surface area contributed by atoms with E-state index >= 15 is 0 Å². The lowest BCUT2D eigenvalue weighted by Gasteiger charge is -2.25. The van der Waals surface area contributed by atoms with Gasteiger partial charge in [-0.05, 0) is 24.6 Å². The summed E-state index contributed by atoms with van der Waals surface area (Å²) >= 11 is 0. The van der Waals surface area contributed by atoms with E-state index in [1.807, 2.05) is 18.5 Å². The van der Waals surface area contributed by atoms with Gasteiger partial charge in [-0.1, -0.05) is 19.1 Å². The Morgan fingerprint density at radius 1 is 1.33 bits per heavy atom. The molecule has 5 heteroatoms. The van der Waals surface area contributed by atoms with Gasteiger partial charge in [0, 0.05) is 43.1 Å². The zero-order chi connectivity index (χ0) is 16.6. The number of ether oxygens (including phenoxy) is 1. The molecular formula is C19H22N4O. The normalized spacial score (nSPS) is 20.8. The molecule has 0 bridgehead atoms. The Bertz CT molecular complexity index is 859. The van der Waals surface area contributed by atoms with E-state index in [-0.39, 0.29) is 5.41 Å². The molecule has 1 aromatic carbocycles. The van der Waals surface area contributed by atoms with Gasteiger partial charge in [0.25, 0.3) is 0 Å². The van der Waals surface area contributed by atoms with Crippen LogP contribution >= 0.6 is 0 Å². The van der Waals surface area contributed by atoms with E-state index in [2.05, 4.69) is 46.1 Å². The Hall–Kier alpha value is -2.40. The first-order chi connectivity index (χ1) is 11.7. The number of benzene rings is 1. The number of fused-ring (bicyclic) bond motifs is 1. The number of nitrogens with zero attached hydrogens (tertiary/aromatic N) is 3. The van der Waals surface area contributed by atoms with Crippen molar-refractivity contribution in [2.24, 2.45) is 5.41 Å².